The minimum absolute atomic E-state index is 0.0977. The van der Waals surface area contributed by atoms with Gasteiger partial charge in [0.25, 0.3) is 11.4 Å². The molecule has 0 fully saturated rings. The Balaban J connectivity index is 1.63. The van der Waals surface area contributed by atoms with Crippen molar-refractivity contribution in [1.82, 2.24) is 5.32 Å². The molecule has 3 N–H and O–H groups in total. The molecule has 0 aliphatic rings. The van der Waals surface area contributed by atoms with Gasteiger partial charge in [-0.2, -0.15) is 0 Å². The van der Waals surface area contributed by atoms with Gasteiger partial charge < -0.3 is 25.2 Å². The number of rotatable bonds is 13. The van der Waals surface area contributed by atoms with Crippen molar-refractivity contribution in [3.63, 3.8) is 0 Å². The summed E-state index contributed by atoms with van der Waals surface area (Å²) in [5.41, 5.74) is 0.0556. The predicted molar refractivity (Wildman–Crippen MR) is 114 cm³/mol. The normalized spacial score (nSPS) is 11.5. The third-order valence-corrected chi connectivity index (χ3v) is 4.29. The first-order valence-corrected chi connectivity index (χ1v) is 9.75. The Labute approximate surface area is 183 Å². The molecule has 2 aromatic rings. The van der Waals surface area contributed by atoms with Crippen LogP contribution in [-0.4, -0.2) is 54.0 Å². The van der Waals surface area contributed by atoms with Gasteiger partial charge in [0.05, 0.1) is 35.2 Å². The predicted octanol–water partition coefficient (Wildman–Crippen LogP) is 2.78. The van der Waals surface area contributed by atoms with Crippen molar-refractivity contribution in [3.05, 3.63) is 74.3 Å². The lowest BCUT2D eigenvalue weighted by Crippen LogP contribution is -2.30. The monoisotopic (exact) mass is 448 g/mol. The number of benzene rings is 2. The van der Waals surface area contributed by atoms with Crippen LogP contribution < -0.4 is 10.6 Å². The van der Waals surface area contributed by atoms with Crippen molar-refractivity contribution in [3.8, 4) is 0 Å². The van der Waals surface area contributed by atoms with Crippen LogP contribution in [0, 0.1) is 20.2 Å². The van der Waals surface area contributed by atoms with Crippen LogP contribution in [-0.2, 0) is 9.47 Å². The van der Waals surface area contributed by atoms with Crippen molar-refractivity contribution in [1.29, 1.82) is 0 Å². The number of ether oxygens (including phenoxy) is 2. The highest BCUT2D eigenvalue weighted by molar-refractivity contribution is 5.91. The van der Waals surface area contributed by atoms with Gasteiger partial charge in [-0.15, -0.1) is 0 Å². The Morgan fingerprint density at radius 2 is 1.62 bits per heavy atom. The molecular formula is C20H24N4O8. The number of nitro benzene ring substituents is 2. The van der Waals surface area contributed by atoms with Gasteiger partial charge in [-0.05, 0) is 18.6 Å². The molecule has 0 aromatic heterocycles. The highest BCUT2D eigenvalue weighted by Gasteiger charge is 2.21. The standard InChI is InChI=1S/C20H24N4O8/c25-14-19(15-6-1-3-8-17(15)23(27)28)32-13-12-31-11-5-10-21-20(26)22-16-7-2-4-9-18(16)24(29)30/h1-4,6-9,19,25H,5,10-14H2,(H2,21,22,26). The molecule has 2 rings (SSSR count). The average Bonchev–Trinajstić information content (AvgIpc) is 2.78. The Hall–Kier alpha value is -3.61. The first-order chi connectivity index (χ1) is 15.4. The number of amides is 2. The van der Waals surface area contributed by atoms with Crippen molar-refractivity contribution in [2.45, 2.75) is 12.5 Å². The molecule has 0 heterocycles. The van der Waals surface area contributed by atoms with Gasteiger partial charge in [0.15, 0.2) is 0 Å². The average molecular weight is 448 g/mol. The number of para-hydroxylation sites is 3. The summed E-state index contributed by atoms with van der Waals surface area (Å²) < 4.78 is 10.9. The Morgan fingerprint density at radius 1 is 0.969 bits per heavy atom. The minimum atomic E-state index is -0.840. The van der Waals surface area contributed by atoms with Crippen LogP contribution in [0.1, 0.15) is 18.1 Å². The van der Waals surface area contributed by atoms with E-state index in [0.29, 0.717) is 13.0 Å². The molecule has 12 nitrogen and oxygen atoms in total. The number of aliphatic hydroxyl groups is 1. The zero-order chi connectivity index (χ0) is 23.3. The smallest absolute Gasteiger partial charge is 0.319 e. The summed E-state index contributed by atoms with van der Waals surface area (Å²) in [4.78, 5) is 32.8. The zero-order valence-corrected chi connectivity index (χ0v) is 17.1. The molecule has 0 aliphatic heterocycles. The molecule has 0 saturated carbocycles. The third-order valence-electron chi connectivity index (χ3n) is 4.29. The molecule has 32 heavy (non-hydrogen) atoms. The topological polar surface area (TPSA) is 166 Å². The fraction of sp³-hybridized carbons (Fsp3) is 0.350. The summed E-state index contributed by atoms with van der Waals surface area (Å²) in [5, 5.41) is 36.5. The summed E-state index contributed by atoms with van der Waals surface area (Å²) >= 11 is 0. The van der Waals surface area contributed by atoms with Gasteiger partial charge in [-0.1, -0.05) is 24.3 Å². The molecule has 0 aliphatic carbocycles. The Morgan fingerprint density at radius 3 is 2.31 bits per heavy atom. The number of carbonyl (C=O) groups is 1. The summed E-state index contributed by atoms with van der Waals surface area (Å²) in [5.74, 6) is 0. The molecule has 0 radical (unpaired) electrons. The molecule has 1 atom stereocenters. The number of nitrogens with one attached hydrogen (secondary N) is 2. The van der Waals surface area contributed by atoms with Crippen LogP contribution in [0.25, 0.3) is 0 Å². The van der Waals surface area contributed by atoms with E-state index in [1.165, 1.54) is 36.4 Å². The van der Waals surface area contributed by atoms with Crippen LogP contribution in [0.5, 0.6) is 0 Å². The number of nitrogens with zero attached hydrogens (tertiary/aromatic N) is 2. The van der Waals surface area contributed by atoms with Crippen molar-refractivity contribution < 1.29 is 29.2 Å². The summed E-state index contributed by atoms with van der Waals surface area (Å²) in [7, 11) is 0. The molecule has 0 saturated heterocycles. The maximum absolute atomic E-state index is 11.9. The largest absolute Gasteiger partial charge is 0.393 e. The van der Waals surface area contributed by atoms with Gasteiger partial charge in [-0.25, -0.2) is 4.79 Å². The number of urea groups is 1. The van der Waals surface area contributed by atoms with E-state index in [1.54, 1.807) is 12.1 Å². The Bertz CT molecular complexity index is 924. The molecule has 2 amide bonds. The molecule has 0 bridgehead atoms. The third kappa shape index (κ3) is 7.58. The number of anilines is 1. The van der Waals surface area contributed by atoms with E-state index < -0.39 is 28.6 Å². The summed E-state index contributed by atoms with van der Waals surface area (Å²) in [6.07, 6.45) is -0.356. The van der Waals surface area contributed by atoms with Gasteiger partial charge in [0.2, 0.25) is 0 Å². The molecule has 1 unspecified atom stereocenters. The van der Waals surface area contributed by atoms with E-state index in [4.69, 9.17) is 9.47 Å². The van der Waals surface area contributed by atoms with E-state index in [0.717, 1.165) is 0 Å². The highest BCUT2D eigenvalue weighted by atomic mass is 16.6. The number of nitro groups is 2. The van der Waals surface area contributed by atoms with Gasteiger partial charge >= 0.3 is 6.03 Å². The first-order valence-electron chi connectivity index (χ1n) is 9.75. The second-order valence-electron chi connectivity index (χ2n) is 6.48. The maximum Gasteiger partial charge on any atom is 0.319 e. The SMILES string of the molecule is O=C(NCCCOCCOC(CO)c1ccccc1[N+](=O)[O-])Nc1ccccc1[N+](=O)[O-]. The highest BCUT2D eigenvalue weighted by Crippen LogP contribution is 2.27. The zero-order valence-electron chi connectivity index (χ0n) is 17.1. The lowest BCUT2D eigenvalue weighted by Gasteiger charge is -2.16. The van der Waals surface area contributed by atoms with Gasteiger partial charge in [-0.3, -0.25) is 20.2 Å². The molecule has 12 heteroatoms. The molecule has 172 valence electrons. The number of hydrogen-bond donors (Lipinski definition) is 3. The summed E-state index contributed by atoms with van der Waals surface area (Å²) in [6.45, 7) is 0.485. The molecular weight excluding hydrogens is 424 g/mol. The fourth-order valence-corrected chi connectivity index (χ4v) is 2.80. The second kappa shape index (κ2) is 12.9. The second-order valence-corrected chi connectivity index (χ2v) is 6.48. The number of carbonyl (C=O) groups excluding carboxylic acids is 1. The van der Waals surface area contributed by atoms with Crippen molar-refractivity contribution in [2.24, 2.45) is 0 Å². The lowest BCUT2D eigenvalue weighted by molar-refractivity contribution is -0.386. The quantitative estimate of drug-likeness (QED) is 0.239. The van der Waals surface area contributed by atoms with Crippen LogP contribution in [0.2, 0.25) is 0 Å². The fourth-order valence-electron chi connectivity index (χ4n) is 2.80. The van der Waals surface area contributed by atoms with Crippen LogP contribution in [0.4, 0.5) is 21.9 Å². The van der Waals surface area contributed by atoms with Gasteiger partial charge in [0, 0.05) is 25.3 Å². The molecule has 0 spiro atoms. The first kappa shape index (κ1) is 24.7. The minimum Gasteiger partial charge on any atom is -0.393 e. The molecule has 2 aromatic carbocycles. The van der Waals surface area contributed by atoms with Crippen molar-refractivity contribution >= 4 is 23.1 Å². The number of aliphatic hydroxyl groups excluding tert-OH is 1. The van der Waals surface area contributed by atoms with E-state index in [1.807, 2.05) is 0 Å². The van der Waals surface area contributed by atoms with Crippen LogP contribution >= 0.6 is 0 Å². The van der Waals surface area contributed by atoms with E-state index in [2.05, 4.69) is 10.6 Å². The van der Waals surface area contributed by atoms with Crippen molar-refractivity contribution in [2.75, 3.05) is 38.3 Å². The summed E-state index contributed by atoms with van der Waals surface area (Å²) in [6, 6.07) is 11.3. The van der Waals surface area contributed by atoms with E-state index >= 15 is 0 Å². The maximum atomic E-state index is 11.9. The number of hydrogen-bond acceptors (Lipinski definition) is 8. The van der Waals surface area contributed by atoms with E-state index in [-0.39, 0.29) is 42.4 Å². The van der Waals surface area contributed by atoms with Crippen LogP contribution in [0.3, 0.4) is 0 Å². The lowest BCUT2D eigenvalue weighted by atomic mass is 10.1. The van der Waals surface area contributed by atoms with Crippen LogP contribution in [0.15, 0.2) is 48.5 Å². The Kier molecular flexibility index (Phi) is 9.97. The van der Waals surface area contributed by atoms with E-state index in [9.17, 15) is 30.1 Å². The van der Waals surface area contributed by atoms with Gasteiger partial charge in [0.1, 0.15) is 11.8 Å².